The molecule has 0 aromatic heterocycles. The molecule has 160 valence electrons. The quantitative estimate of drug-likeness (QED) is 0.576. The minimum absolute atomic E-state index is 0.244. The first-order valence-electron chi connectivity index (χ1n) is 9.93. The van der Waals surface area contributed by atoms with Crippen LogP contribution in [-0.4, -0.2) is 52.8 Å². The van der Waals surface area contributed by atoms with Gasteiger partial charge in [-0.15, -0.1) is 6.58 Å². The fraction of sp³-hybridized carbons (Fsp3) is 0.545. The molecular formula is C22H31FN2O4. The van der Waals surface area contributed by atoms with E-state index in [4.69, 9.17) is 4.74 Å². The lowest BCUT2D eigenvalue weighted by Gasteiger charge is -2.24. The normalized spacial score (nSPS) is 19.5. The maximum absolute atomic E-state index is 13.1. The second kappa shape index (κ2) is 9.87. The largest absolute Gasteiger partial charge is 0.480 e. The first-order valence-corrected chi connectivity index (χ1v) is 9.93. The van der Waals surface area contributed by atoms with Gasteiger partial charge in [-0.2, -0.15) is 0 Å². The van der Waals surface area contributed by atoms with Crippen molar-refractivity contribution in [3.8, 4) is 0 Å². The average molecular weight is 406 g/mol. The Hall–Kier alpha value is -2.41. The molecule has 2 N–H and O–H groups in total. The van der Waals surface area contributed by atoms with Crippen molar-refractivity contribution in [3.05, 3.63) is 48.3 Å². The molecule has 1 fully saturated rings. The zero-order valence-corrected chi connectivity index (χ0v) is 17.4. The number of nitrogens with one attached hydrogen (secondary N) is 1. The lowest BCUT2D eigenvalue weighted by molar-refractivity contribution is -0.139. The van der Waals surface area contributed by atoms with Crippen molar-refractivity contribution >= 4 is 12.1 Å². The Labute approximate surface area is 171 Å². The second-order valence-corrected chi connectivity index (χ2v) is 8.42. The first-order chi connectivity index (χ1) is 13.6. The fourth-order valence-corrected chi connectivity index (χ4v) is 3.42. The molecule has 0 heterocycles. The van der Waals surface area contributed by atoms with E-state index < -0.39 is 23.7 Å². The van der Waals surface area contributed by atoms with Crippen LogP contribution in [0.1, 0.15) is 51.5 Å². The summed E-state index contributed by atoms with van der Waals surface area (Å²) in [6, 6.07) is 5.92. The van der Waals surface area contributed by atoms with Crippen LogP contribution >= 0.6 is 0 Å². The zero-order chi connectivity index (χ0) is 21.6. The van der Waals surface area contributed by atoms with Crippen LogP contribution in [0, 0.1) is 5.82 Å². The number of ether oxygens (including phenoxy) is 1. The Bertz CT molecular complexity index is 715. The summed E-state index contributed by atoms with van der Waals surface area (Å²) in [7, 11) is 0. The number of carboxylic acids is 1. The van der Waals surface area contributed by atoms with Gasteiger partial charge < -0.3 is 15.2 Å². The van der Waals surface area contributed by atoms with E-state index in [0.717, 1.165) is 12.0 Å². The number of carbonyl (C=O) groups excluding carboxylic acids is 1. The number of carboxylic acid groups (broad SMARTS) is 1. The van der Waals surface area contributed by atoms with Crippen LogP contribution in [0.3, 0.4) is 0 Å². The van der Waals surface area contributed by atoms with E-state index in [2.05, 4.69) is 16.8 Å². The van der Waals surface area contributed by atoms with Gasteiger partial charge in [0.25, 0.3) is 0 Å². The van der Waals surface area contributed by atoms with E-state index >= 15 is 0 Å². The van der Waals surface area contributed by atoms with Gasteiger partial charge in [-0.3, -0.25) is 4.90 Å². The molecule has 1 aromatic rings. The third-order valence-corrected chi connectivity index (χ3v) is 4.81. The van der Waals surface area contributed by atoms with Crippen molar-refractivity contribution < 1.29 is 23.8 Å². The van der Waals surface area contributed by atoms with Crippen LogP contribution in [0.5, 0.6) is 0 Å². The van der Waals surface area contributed by atoms with Gasteiger partial charge >= 0.3 is 12.1 Å². The number of nitrogens with zero attached hydrogens (tertiary/aromatic N) is 1. The third kappa shape index (κ3) is 7.49. The molecule has 0 saturated heterocycles. The van der Waals surface area contributed by atoms with Crippen molar-refractivity contribution in [1.82, 2.24) is 10.2 Å². The number of rotatable bonds is 10. The summed E-state index contributed by atoms with van der Waals surface area (Å²) in [5.41, 5.74) is 0.426. The lowest BCUT2D eigenvalue weighted by Crippen LogP contribution is -2.43. The monoisotopic (exact) mass is 406 g/mol. The molecule has 6 nitrogen and oxygen atoms in total. The number of amides is 1. The predicted molar refractivity (Wildman–Crippen MR) is 109 cm³/mol. The molecule has 0 spiro atoms. The molecule has 1 aromatic carbocycles. The van der Waals surface area contributed by atoms with Crippen LogP contribution in [0.4, 0.5) is 9.18 Å². The van der Waals surface area contributed by atoms with Gasteiger partial charge in [0.1, 0.15) is 17.5 Å². The molecule has 0 aliphatic heterocycles. The Morgan fingerprint density at radius 3 is 2.59 bits per heavy atom. The number of hydrogen-bond acceptors (Lipinski definition) is 4. The Balaban J connectivity index is 1.86. The average Bonchev–Trinajstić information content (AvgIpc) is 3.39. The highest BCUT2D eigenvalue weighted by Gasteiger charge is 2.42. The number of hydrogen-bond donors (Lipinski definition) is 2. The molecule has 1 aliphatic rings. The SMILES string of the molecule is C=CCN(CCCC(NC(=O)OC(C)(C)C)C(=O)O)C1CC1c1ccc(F)cc1. The zero-order valence-electron chi connectivity index (χ0n) is 17.4. The maximum Gasteiger partial charge on any atom is 0.408 e. The maximum atomic E-state index is 13.1. The molecule has 1 aliphatic carbocycles. The molecule has 0 radical (unpaired) electrons. The van der Waals surface area contributed by atoms with Gasteiger partial charge in [-0.05, 0) is 64.3 Å². The lowest BCUT2D eigenvalue weighted by atomic mass is 10.1. The first kappa shape index (κ1) is 22.9. The number of carbonyl (C=O) groups is 2. The minimum atomic E-state index is -1.08. The van der Waals surface area contributed by atoms with Crippen molar-refractivity contribution in [2.24, 2.45) is 0 Å². The summed E-state index contributed by atoms with van der Waals surface area (Å²) < 4.78 is 18.3. The van der Waals surface area contributed by atoms with Gasteiger partial charge in [0.2, 0.25) is 0 Å². The Morgan fingerprint density at radius 2 is 2.03 bits per heavy atom. The topological polar surface area (TPSA) is 78.9 Å². The third-order valence-electron chi connectivity index (χ3n) is 4.81. The fourth-order valence-electron chi connectivity index (χ4n) is 3.42. The Morgan fingerprint density at radius 1 is 1.38 bits per heavy atom. The Kier molecular flexibility index (Phi) is 7.79. The highest BCUT2D eigenvalue weighted by molar-refractivity contribution is 5.79. The van der Waals surface area contributed by atoms with Crippen molar-refractivity contribution in [2.75, 3.05) is 13.1 Å². The highest BCUT2D eigenvalue weighted by Crippen LogP contribution is 2.44. The predicted octanol–water partition coefficient (Wildman–Crippen LogP) is 3.93. The standard InChI is InChI=1S/C22H31FN2O4/c1-5-12-25(19-14-17(19)15-8-10-16(23)11-9-15)13-6-7-18(20(26)27)24-21(28)29-22(2,3)4/h5,8-11,17-19H,1,6-7,12-14H2,2-4H3,(H,24,28)(H,26,27). The number of benzene rings is 1. The molecule has 3 atom stereocenters. The van der Waals surface area contributed by atoms with E-state index in [1.807, 2.05) is 18.2 Å². The van der Waals surface area contributed by atoms with Crippen LogP contribution in [0.2, 0.25) is 0 Å². The van der Waals surface area contributed by atoms with Crippen molar-refractivity contribution in [1.29, 1.82) is 0 Å². The van der Waals surface area contributed by atoms with Crippen LogP contribution in [0.25, 0.3) is 0 Å². The second-order valence-electron chi connectivity index (χ2n) is 8.42. The molecule has 29 heavy (non-hydrogen) atoms. The van der Waals surface area contributed by atoms with E-state index in [9.17, 15) is 19.1 Å². The molecule has 0 bridgehead atoms. The van der Waals surface area contributed by atoms with Crippen LogP contribution < -0.4 is 5.32 Å². The summed E-state index contributed by atoms with van der Waals surface area (Å²) >= 11 is 0. The molecule has 1 saturated carbocycles. The summed E-state index contributed by atoms with van der Waals surface area (Å²) in [5.74, 6) is -0.974. The van der Waals surface area contributed by atoms with Gasteiger partial charge in [-0.25, -0.2) is 14.0 Å². The summed E-state index contributed by atoms with van der Waals surface area (Å²) in [5, 5.41) is 11.8. The van der Waals surface area contributed by atoms with E-state index in [1.54, 1.807) is 20.8 Å². The van der Waals surface area contributed by atoms with Gasteiger partial charge in [0.05, 0.1) is 0 Å². The summed E-state index contributed by atoms with van der Waals surface area (Å²) in [4.78, 5) is 25.6. The highest BCUT2D eigenvalue weighted by atomic mass is 19.1. The summed E-state index contributed by atoms with van der Waals surface area (Å²) in [6.07, 6.45) is 2.99. The van der Waals surface area contributed by atoms with Crippen molar-refractivity contribution in [3.63, 3.8) is 0 Å². The van der Waals surface area contributed by atoms with E-state index in [0.29, 0.717) is 37.9 Å². The molecule has 2 rings (SSSR count). The summed E-state index contributed by atoms with van der Waals surface area (Å²) in [6.45, 7) is 10.4. The smallest absolute Gasteiger partial charge is 0.408 e. The van der Waals surface area contributed by atoms with Crippen LogP contribution in [-0.2, 0) is 9.53 Å². The molecule has 1 amide bonds. The van der Waals surface area contributed by atoms with Gasteiger partial charge in [0.15, 0.2) is 0 Å². The van der Waals surface area contributed by atoms with Gasteiger partial charge in [0, 0.05) is 18.5 Å². The number of halogens is 1. The van der Waals surface area contributed by atoms with Crippen molar-refractivity contribution in [2.45, 2.75) is 63.6 Å². The van der Waals surface area contributed by atoms with Gasteiger partial charge in [-0.1, -0.05) is 18.2 Å². The van der Waals surface area contributed by atoms with Crippen LogP contribution in [0.15, 0.2) is 36.9 Å². The van der Waals surface area contributed by atoms with E-state index in [1.165, 1.54) is 12.1 Å². The molecular weight excluding hydrogens is 375 g/mol. The molecule has 3 unspecified atom stereocenters. The number of alkyl carbamates (subject to hydrolysis) is 1. The minimum Gasteiger partial charge on any atom is -0.480 e. The molecule has 7 heteroatoms. The number of aliphatic carboxylic acids is 1. The van der Waals surface area contributed by atoms with E-state index in [-0.39, 0.29) is 5.82 Å².